The summed E-state index contributed by atoms with van der Waals surface area (Å²) >= 11 is 1.36. The van der Waals surface area contributed by atoms with Crippen LogP contribution in [-0.2, 0) is 4.79 Å². The van der Waals surface area contributed by atoms with Crippen molar-refractivity contribution in [1.82, 2.24) is 24.8 Å². The van der Waals surface area contributed by atoms with Crippen molar-refractivity contribution in [3.63, 3.8) is 0 Å². The molecule has 2 N–H and O–H groups in total. The lowest BCUT2D eigenvalue weighted by atomic mass is 10.3. The van der Waals surface area contributed by atoms with Gasteiger partial charge in [0.25, 0.3) is 0 Å². The molecule has 8 nitrogen and oxygen atoms in total. The van der Waals surface area contributed by atoms with Crippen LogP contribution in [0.3, 0.4) is 0 Å². The smallest absolute Gasteiger partial charge is 0.233 e. The molecule has 25 heavy (non-hydrogen) atoms. The number of aromatic nitrogens is 4. The summed E-state index contributed by atoms with van der Waals surface area (Å²) in [5.74, 6) is 8.72. The molecule has 2 fully saturated rings. The summed E-state index contributed by atoms with van der Waals surface area (Å²) in [4.78, 5) is 20.9. The van der Waals surface area contributed by atoms with Gasteiger partial charge in [0.15, 0.2) is 5.82 Å². The maximum absolute atomic E-state index is 12.5. The minimum Gasteiger partial charge on any atom is -0.353 e. The SMILES string of the molecule is Nn1c(SCC(=O)N2CCN(c3ccccn3)CC2)nnc1C1CC1. The van der Waals surface area contributed by atoms with Crippen LogP contribution in [0.15, 0.2) is 29.6 Å². The van der Waals surface area contributed by atoms with Crippen molar-refractivity contribution in [1.29, 1.82) is 0 Å². The first-order chi connectivity index (χ1) is 12.2. The number of thioether (sulfide) groups is 1. The number of carbonyl (C=O) groups excluding carboxylic acids is 1. The van der Waals surface area contributed by atoms with Crippen LogP contribution in [-0.4, -0.2) is 62.6 Å². The molecule has 0 unspecified atom stereocenters. The maximum atomic E-state index is 12.5. The number of piperazine rings is 1. The van der Waals surface area contributed by atoms with E-state index in [4.69, 9.17) is 5.84 Å². The van der Waals surface area contributed by atoms with Crippen molar-refractivity contribution in [3.05, 3.63) is 30.2 Å². The zero-order valence-electron chi connectivity index (χ0n) is 13.9. The maximum Gasteiger partial charge on any atom is 0.233 e. The predicted octanol–water partition coefficient (Wildman–Crippen LogP) is 0.705. The molecule has 0 radical (unpaired) electrons. The Bertz CT molecular complexity index is 738. The van der Waals surface area contributed by atoms with Crippen LogP contribution in [0, 0.1) is 0 Å². The molecule has 2 aromatic heterocycles. The molecule has 1 saturated heterocycles. The Morgan fingerprint density at radius 3 is 2.68 bits per heavy atom. The fourth-order valence-corrected chi connectivity index (χ4v) is 3.72. The van der Waals surface area contributed by atoms with Crippen LogP contribution >= 0.6 is 11.8 Å². The van der Waals surface area contributed by atoms with E-state index in [9.17, 15) is 4.79 Å². The van der Waals surface area contributed by atoms with Crippen LogP contribution in [0.25, 0.3) is 0 Å². The highest BCUT2D eigenvalue weighted by molar-refractivity contribution is 7.99. The molecule has 2 aromatic rings. The third-order valence-electron chi connectivity index (χ3n) is 4.56. The van der Waals surface area contributed by atoms with Gasteiger partial charge in [0.05, 0.1) is 5.75 Å². The molecule has 0 atom stereocenters. The van der Waals surface area contributed by atoms with Gasteiger partial charge >= 0.3 is 0 Å². The third kappa shape index (κ3) is 3.55. The summed E-state index contributed by atoms with van der Waals surface area (Å²) in [6, 6.07) is 5.89. The second-order valence-electron chi connectivity index (χ2n) is 6.33. The number of pyridine rings is 1. The van der Waals surface area contributed by atoms with E-state index in [2.05, 4.69) is 20.1 Å². The first-order valence-electron chi connectivity index (χ1n) is 8.49. The Morgan fingerprint density at radius 2 is 2.00 bits per heavy atom. The lowest BCUT2D eigenvalue weighted by Gasteiger charge is -2.35. The van der Waals surface area contributed by atoms with Gasteiger partial charge in [-0.2, -0.15) is 0 Å². The van der Waals surface area contributed by atoms with Crippen LogP contribution in [0.2, 0.25) is 0 Å². The predicted molar refractivity (Wildman–Crippen MR) is 95.9 cm³/mol. The lowest BCUT2D eigenvalue weighted by molar-refractivity contribution is -0.128. The van der Waals surface area contributed by atoms with Gasteiger partial charge in [0.2, 0.25) is 11.1 Å². The molecule has 1 aliphatic carbocycles. The molecule has 1 amide bonds. The van der Waals surface area contributed by atoms with Gasteiger partial charge in [-0.25, -0.2) is 9.66 Å². The van der Waals surface area contributed by atoms with Crippen LogP contribution in [0.1, 0.15) is 24.6 Å². The van der Waals surface area contributed by atoms with Crippen molar-refractivity contribution in [2.24, 2.45) is 0 Å². The number of nitrogens with zero attached hydrogens (tertiary/aromatic N) is 6. The average molecular weight is 359 g/mol. The molecule has 0 bridgehead atoms. The van der Waals surface area contributed by atoms with E-state index in [1.54, 1.807) is 6.20 Å². The lowest BCUT2D eigenvalue weighted by Crippen LogP contribution is -2.49. The standard InChI is InChI=1S/C16H21N7OS/c17-23-15(12-4-5-12)19-20-16(23)25-11-14(24)22-9-7-21(8-10-22)13-3-1-2-6-18-13/h1-3,6,12H,4-5,7-11,17H2. The summed E-state index contributed by atoms with van der Waals surface area (Å²) in [6.45, 7) is 3.01. The number of rotatable bonds is 5. The van der Waals surface area contributed by atoms with E-state index < -0.39 is 0 Å². The number of amides is 1. The van der Waals surface area contributed by atoms with Gasteiger partial charge in [-0.3, -0.25) is 4.79 Å². The van der Waals surface area contributed by atoms with Gasteiger partial charge in [0, 0.05) is 38.3 Å². The van der Waals surface area contributed by atoms with Crippen LogP contribution < -0.4 is 10.7 Å². The fraction of sp³-hybridized carbons (Fsp3) is 0.500. The quantitative estimate of drug-likeness (QED) is 0.620. The van der Waals surface area contributed by atoms with Crippen molar-refractivity contribution in [2.75, 3.05) is 42.7 Å². The Hall–Kier alpha value is -2.29. The zero-order chi connectivity index (χ0) is 17.2. The largest absolute Gasteiger partial charge is 0.353 e. The minimum atomic E-state index is 0.113. The van der Waals surface area contributed by atoms with E-state index >= 15 is 0 Å². The van der Waals surface area contributed by atoms with E-state index in [1.807, 2.05) is 23.1 Å². The number of nitrogen functional groups attached to an aromatic ring is 1. The second-order valence-corrected chi connectivity index (χ2v) is 7.27. The minimum absolute atomic E-state index is 0.113. The first kappa shape index (κ1) is 16.2. The molecule has 2 aliphatic rings. The topological polar surface area (TPSA) is 93.2 Å². The zero-order valence-corrected chi connectivity index (χ0v) is 14.7. The van der Waals surface area contributed by atoms with E-state index in [0.29, 0.717) is 29.9 Å². The first-order valence-corrected chi connectivity index (χ1v) is 9.48. The van der Waals surface area contributed by atoms with Gasteiger partial charge in [-0.05, 0) is 25.0 Å². The van der Waals surface area contributed by atoms with Gasteiger partial charge in [-0.15, -0.1) is 10.2 Å². The Morgan fingerprint density at radius 1 is 1.20 bits per heavy atom. The van der Waals surface area contributed by atoms with E-state index in [0.717, 1.165) is 37.6 Å². The summed E-state index contributed by atoms with van der Waals surface area (Å²) in [7, 11) is 0. The Labute approximate surface area is 150 Å². The van der Waals surface area contributed by atoms with Gasteiger partial charge in [0.1, 0.15) is 5.82 Å². The molecule has 4 rings (SSSR count). The molecule has 1 aliphatic heterocycles. The normalized spacial score (nSPS) is 17.8. The number of nitrogens with two attached hydrogens (primary N) is 1. The van der Waals surface area contributed by atoms with Gasteiger partial charge in [-0.1, -0.05) is 17.8 Å². The highest BCUT2D eigenvalue weighted by atomic mass is 32.2. The highest BCUT2D eigenvalue weighted by Crippen LogP contribution is 2.39. The summed E-state index contributed by atoms with van der Waals surface area (Å²) in [6.07, 6.45) is 4.04. The summed E-state index contributed by atoms with van der Waals surface area (Å²) in [5, 5.41) is 8.86. The number of hydrogen-bond donors (Lipinski definition) is 1. The molecular formula is C16H21N7OS. The monoisotopic (exact) mass is 359 g/mol. The van der Waals surface area contributed by atoms with Crippen LogP contribution in [0.5, 0.6) is 0 Å². The fourth-order valence-electron chi connectivity index (χ4n) is 2.95. The molecule has 1 saturated carbocycles. The Kier molecular flexibility index (Phi) is 4.48. The highest BCUT2D eigenvalue weighted by Gasteiger charge is 2.30. The van der Waals surface area contributed by atoms with Crippen molar-refractivity contribution < 1.29 is 4.79 Å². The molecule has 0 aromatic carbocycles. The van der Waals surface area contributed by atoms with Crippen molar-refractivity contribution in [2.45, 2.75) is 23.9 Å². The number of carbonyl (C=O) groups is 1. The van der Waals surface area contributed by atoms with E-state index in [1.165, 1.54) is 16.4 Å². The van der Waals surface area contributed by atoms with E-state index in [-0.39, 0.29) is 5.91 Å². The van der Waals surface area contributed by atoms with Gasteiger partial charge < -0.3 is 15.6 Å². The Balaban J connectivity index is 1.28. The number of anilines is 1. The summed E-state index contributed by atoms with van der Waals surface area (Å²) in [5.41, 5.74) is 0. The summed E-state index contributed by atoms with van der Waals surface area (Å²) < 4.78 is 1.54. The molecule has 9 heteroatoms. The van der Waals surface area contributed by atoms with Crippen LogP contribution in [0.4, 0.5) is 5.82 Å². The number of hydrogen-bond acceptors (Lipinski definition) is 7. The molecular weight excluding hydrogens is 338 g/mol. The third-order valence-corrected chi connectivity index (χ3v) is 5.49. The van der Waals surface area contributed by atoms with Crippen molar-refractivity contribution in [3.8, 4) is 0 Å². The average Bonchev–Trinajstić information content (AvgIpc) is 3.44. The van der Waals surface area contributed by atoms with Crippen molar-refractivity contribution >= 4 is 23.5 Å². The molecule has 0 spiro atoms. The molecule has 3 heterocycles. The molecule has 132 valence electrons. The second kappa shape index (κ2) is 6.91.